The van der Waals surface area contributed by atoms with Gasteiger partial charge in [-0.2, -0.15) is 0 Å². The summed E-state index contributed by atoms with van der Waals surface area (Å²) < 4.78 is 5.67. The number of hydrogen-bond donors (Lipinski definition) is 2. The second kappa shape index (κ2) is 10.3. The maximum atomic E-state index is 12.0. The van der Waals surface area contributed by atoms with Crippen LogP contribution in [0.25, 0.3) is 0 Å². The first-order valence-corrected chi connectivity index (χ1v) is 8.88. The van der Waals surface area contributed by atoms with Crippen LogP contribution in [-0.4, -0.2) is 28.3 Å². The lowest BCUT2D eigenvalue weighted by Gasteiger charge is -2.09. The third-order valence-corrected chi connectivity index (χ3v) is 3.13. The molecule has 0 saturated heterocycles. The van der Waals surface area contributed by atoms with Crippen LogP contribution >= 0.6 is 0 Å². The van der Waals surface area contributed by atoms with E-state index in [1.165, 1.54) is 19.1 Å². The van der Waals surface area contributed by atoms with E-state index in [2.05, 4.69) is 33.0 Å². The molecule has 0 aliphatic heterocycles. The Kier molecular flexibility index (Phi) is 8.44. The number of pyridine rings is 1. The molecule has 0 atom stereocenters. The van der Waals surface area contributed by atoms with Crippen LogP contribution < -0.4 is 10.9 Å². The van der Waals surface area contributed by atoms with E-state index in [0.717, 1.165) is 5.56 Å². The topological polar surface area (TPSA) is 97.6 Å². The Bertz CT molecular complexity index is 845. The molecule has 2 rings (SSSR count). The number of carbonyl (C=O) groups excluding carboxylic acids is 1. The average Bonchev–Trinajstić information content (AvgIpc) is 2.58. The van der Waals surface area contributed by atoms with Gasteiger partial charge in [0, 0.05) is 5.69 Å². The first kappa shape index (κ1) is 23.0. The van der Waals surface area contributed by atoms with Gasteiger partial charge in [0.2, 0.25) is 0 Å². The fraction of sp³-hybridized carbons (Fsp3) is 0.381. The zero-order valence-corrected chi connectivity index (χ0v) is 17.0. The van der Waals surface area contributed by atoms with Crippen LogP contribution in [0.2, 0.25) is 0 Å². The van der Waals surface area contributed by atoms with E-state index < -0.39 is 17.6 Å². The van der Waals surface area contributed by atoms with Gasteiger partial charge in [-0.15, -0.1) is 0 Å². The van der Waals surface area contributed by atoms with Gasteiger partial charge in [0.1, 0.15) is 18.8 Å². The number of ether oxygens (including phenoxy) is 1. The minimum atomic E-state index is -1.37. The second-order valence-electron chi connectivity index (χ2n) is 7.81. The van der Waals surface area contributed by atoms with Crippen molar-refractivity contribution in [2.24, 2.45) is 5.41 Å². The fourth-order valence-corrected chi connectivity index (χ4v) is 1.96. The Labute approximate surface area is 165 Å². The SMILES string of the molecule is CC(C)(C)C.Cc1ccc(NCC(=O)OCc2ccccc2)c(=O)n1C(=O)O. The van der Waals surface area contributed by atoms with Crippen LogP contribution in [0.5, 0.6) is 0 Å². The third kappa shape index (κ3) is 8.53. The molecule has 152 valence electrons. The second-order valence-corrected chi connectivity index (χ2v) is 7.81. The van der Waals surface area contributed by atoms with Gasteiger partial charge in [0.05, 0.1) is 0 Å². The molecule has 1 aromatic carbocycles. The Morgan fingerprint density at radius 3 is 2.18 bits per heavy atom. The number of rotatable bonds is 5. The zero-order chi connectivity index (χ0) is 21.3. The summed E-state index contributed by atoms with van der Waals surface area (Å²) >= 11 is 0. The van der Waals surface area contributed by atoms with Gasteiger partial charge < -0.3 is 15.2 Å². The predicted octanol–water partition coefficient (Wildman–Crippen LogP) is 3.89. The summed E-state index contributed by atoms with van der Waals surface area (Å²) in [4.78, 5) is 34.7. The number of carbonyl (C=O) groups is 2. The number of benzene rings is 1. The molecule has 0 spiro atoms. The van der Waals surface area contributed by atoms with E-state index in [4.69, 9.17) is 9.84 Å². The number of carboxylic acid groups (broad SMARTS) is 1. The van der Waals surface area contributed by atoms with Crippen LogP contribution in [0.15, 0.2) is 47.3 Å². The first-order valence-electron chi connectivity index (χ1n) is 8.88. The Balaban J connectivity index is 0.000000696. The monoisotopic (exact) mass is 388 g/mol. The number of aromatic nitrogens is 1. The van der Waals surface area contributed by atoms with E-state index >= 15 is 0 Å². The number of anilines is 1. The van der Waals surface area contributed by atoms with Gasteiger partial charge in [0.15, 0.2) is 0 Å². The van der Waals surface area contributed by atoms with Gasteiger partial charge in [0.25, 0.3) is 5.56 Å². The van der Waals surface area contributed by atoms with E-state index in [1.807, 2.05) is 30.3 Å². The standard InChI is InChI=1S/C16H16N2O5.C5H12/c1-11-7-8-13(15(20)18(11)16(21)22)17-9-14(19)23-10-12-5-3-2-4-6-12;1-5(2,3)4/h2-8,17H,9-10H2,1H3,(H,21,22);1-4H3. The number of hydrogen-bond acceptors (Lipinski definition) is 5. The molecule has 0 bridgehead atoms. The van der Waals surface area contributed by atoms with Crippen molar-refractivity contribution in [3.8, 4) is 0 Å². The number of aryl methyl sites for hydroxylation is 1. The highest BCUT2D eigenvalue weighted by Crippen LogP contribution is 2.08. The van der Waals surface area contributed by atoms with Crippen molar-refractivity contribution in [2.45, 2.75) is 41.2 Å². The van der Waals surface area contributed by atoms with Crippen molar-refractivity contribution in [3.63, 3.8) is 0 Å². The summed E-state index contributed by atoms with van der Waals surface area (Å²) in [6.07, 6.45) is -1.37. The molecular weight excluding hydrogens is 360 g/mol. The lowest BCUT2D eigenvalue weighted by molar-refractivity contribution is -0.142. The molecule has 1 heterocycles. The third-order valence-electron chi connectivity index (χ3n) is 3.13. The summed E-state index contributed by atoms with van der Waals surface area (Å²) in [5.74, 6) is -0.546. The predicted molar refractivity (Wildman–Crippen MR) is 109 cm³/mol. The Hall–Kier alpha value is -3.09. The summed E-state index contributed by atoms with van der Waals surface area (Å²) in [6, 6.07) is 12.1. The summed E-state index contributed by atoms with van der Waals surface area (Å²) in [5, 5.41) is 11.6. The van der Waals surface area contributed by atoms with E-state index in [0.29, 0.717) is 15.7 Å². The fourth-order valence-electron chi connectivity index (χ4n) is 1.96. The van der Waals surface area contributed by atoms with Crippen molar-refractivity contribution in [2.75, 3.05) is 11.9 Å². The van der Waals surface area contributed by atoms with Crippen LogP contribution in [0.3, 0.4) is 0 Å². The van der Waals surface area contributed by atoms with Crippen LogP contribution in [-0.2, 0) is 16.1 Å². The summed E-state index contributed by atoms with van der Waals surface area (Å²) in [7, 11) is 0. The molecule has 1 aromatic heterocycles. The molecule has 0 amide bonds. The minimum absolute atomic E-state index is 0.0228. The highest BCUT2D eigenvalue weighted by atomic mass is 16.5. The minimum Gasteiger partial charge on any atom is -0.464 e. The Morgan fingerprint density at radius 2 is 1.64 bits per heavy atom. The molecule has 0 radical (unpaired) electrons. The molecule has 0 unspecified atom stereocenters. The van der Waals surface area contributed by atoms with Crippen molar-refractivity contribution in [1.82, 2.24) is 4.57 Å². The summed E-state index contributed by atoms with van der Waals surface area (Å²) in [5.41, 5.74) is 0.937. The van der Waals surface area contributed by atoms with Gasteiger partial charge in [-0.3, -0.25) is 9.59 Å². The number of nitrogens with one attached hydrogen (secondary N) is 1. The highest BCUT2D eigenvalue weighted by Gasteiger charge is 2.12. The first-order chi connectivity index (χ1) is 13.0. The number of nitrogens with zero attached hydrogens (tertiary/aromatic N) is 1. The lowest BCUT2D eigenvalue weighted by atomic mass is 10.0. The van der Waals surface area contributed by atoms with Gasteiger partial charge >= 0.3 is 12.1 Å². The molecule has 2 aromatic rings. The molecule has 2 N–H and O–H groups in total. The lowest BCUT2D eigenvalue weighted by Crippen LogP contribution is -2.31. The van der Waals surface area contributed by atoms with E-state index in [9.17, 15) is 14.4 Å². The van der Waals surface area contributed by atoms with Crippen molar-refractivity contribution in [3.05, 3.63) is 64.1 Å². The van der Waals surface area contributed by atoms with E-state index in [-0.39, 0.29) is 18.8 Å². The molecule has 0 saturated carbocycles. The van der Waals surface area contributed by atoms with Gasteiger partial charge in [-0.1, -0.05) is 58.0 Å². The van der Waals surface area contributed by atoms with Gasteiger partial charge in [-0.05, 0) is 30.0 Å². The molecule has 0 fully saturated rings. The van der Waals surface area contributed by atoms with Crippen molar-refractivity contribution >= 4 is 17.7 Å². The Morgan fingerprint density at radius 1 is 1.07 bits per heavy atom. The van der Waals surface area contributed by atoms with Crippen LogP contribution in [0.4, 0.5) is 10.5 Å². The molecule has 0 aliphatic rings. The normalized spacial score (nSPS) is 10.5. The quantitative estimate of drug-likeness (QED) is 0.754. The molecule has 0 aliphatic carbocycles. The van der Waals surface area contributed by atoms with Crippen molar-refractivity contribution in [1.29, 1.82) is 0 Å². The molecule has 28 heavy (non-hydrogen) atoms. The summed E-state index contributed by atoms with van der Waals surface area (Å²) in [6.45, 7) is 10.2. The van der Waals surface area contributed by atoms with Crippen molar-refractivity contribution < 1.29 is 19.4 Å². The zero-order valence-electron chi connectivity index (χ0n) is 17.0. The maximum absolute atomic E-state index is 12.0. The largest absolute Gasteiger partial charge is 0.464 e. The number of esters is 1. The molecule has 7 heteroatoms. The average molecular weight is 388 g/mol. The maximum Gasteiger partial charge on any atom is 0.418 e. The molecular formula is C21H28N2O5. The van der Waals surface area contributed by atoms with Crippen LogP contribution in [0.1, 0.15) is 39.0 Å². The molecule has 7 nitrogen and oxygen atoms in total. The van der Waals surface area contributed by atoms with Crippen LogP contribution in [0, 0.1) is 12.3 Å². The highest BCUT2D eigenvalue weighted by molar-refractivity contribution is 5.75. The van der Waals surface area contributed by atoms with Gasteiger partial charge in [-0.25, -0.2) is 9.36 Å². The van der Waals surface area contributed by atoms with E-state index in [1.54, 1.807) is 0 Å². The smallest absolute Gasteiger partial charge is 0.418 e.